The lowest BCUT2D eigenvalue weighted by Crippen LogP contribution is -2.21. The Hall–Kier alpha value is -3.66. The number of esters is 1. The molecule has 2 rings (SSSR count). The maximum Gasteiger partial charge on any atom is 0.349 e. The number of rotatable bonds is 6. The van der Waals surface area contributed by atoms with Gasteiger partial charge in [-0.05, 0) is 48.0 Å². The van der Waals surface area contributed by atoms with Crippen molar-refractivity contribution in [1.29, 1.82) is 5.26 Å². The number of amides is 1. The van der Waals surface area contributed by atoms with Crippen molar-refractivity contribution < 1.29 is 23.5 Å². The van der Waals surface area contributed by atoms with E-state index in [0.717, 1.165) is 0 Å². The predicted molar refractivity (Wildman–Crippen MR) is 92.6 cm³/mol. The molecule has 0 heterocycles. The molecule has 2 aromatic carbocycles. The molecule has 1 N–H and O–H groups in total. The third-order valence-electron chi connectivity index (χ3n) is 3.23. The van der Waals surface area contributed by atoms with Crippen LogP contribution in [0.1, 0.15) is 5.56 Å². The first-order valence-electron chi connectivity index (χ1n) is 7.50. The summed E-state index contributed by atoms with van der Waals surface area (Å²) >= 11 is 0. The highest BCUT2D eigenvalue weighted by Gasteiger charge is 2.13. The van der Waals surface area contributed by atoms with E-state index in [1.165, 1.54) is 37.5 Å². The molecule has 0 saturated carbocycles. The second kappa shape index (κ2) is 8.99. The Kier molecular flexibility index (Phi) is 6.46. The van der Waals surface area contributed by atoms with Crippen LogP contribution in [0.2, 0.25) is 0 Å². The minimum absolute atomic E-state index is 0.246. The van der Waals surface area contributed by atoms with Crippen LogP contribution >= 0.6 is 0 Å². The van der Waals surface area contributed by atoms with Crippen LogP contribution in [0.25, 0.3) is 6.08 Å². The van der Waals surface area contributed by atoms with E-state index in [4.69, 9.17) is 14.7 Å². The Bertz CT molecular complexity index is 853. The van der Waals surface area contributed by atoms with Crippen LogP contribution in [0.15, 0.2) is 54.1 Å². The van der Waals surface area contributed by atoms with Crippen molar-refractivity contribution in [3.63, 3.8) is 0 Å². The number of hydrogen-bond acceptors (Lipinski definition) is 5. The predicted octanol–water partition coefficient (Wildman–Crippen LogP) is 2.92. The summed E-state index contributed by atoms with van der Waals surface area (Å²) in [4.78, 5) is 23.7. The molecule has 1 amide bonds. The van der Waals surface area contributed by atoms with Gasteiger partial charge in [0.25, 0.3) is 5.91 Å². The van der Waals surface area contributed by atoms with Crippen molar-refractivity contribution in [2.45, 2.75) is 0 Å². The second-order valence-corrected chi connectivity index (χ2v) is 5.07. The first kappa shape index (κ1) is 18.7. The van der Waals surface area contributed by atoms with Gasteiger partial charge in [0.05, 0.1) is 7.11 Å². The van der Waals surface area contributed by atoms with Crippen molar-refractivity contribution in [2.75, 3.05) is 19.0 Å². The van der Waals surface area contributed by atoms with Crippen molar-refractivity contribution in [1.82, 2.24) is 0 Å². The molecule has 0 aliphatic rings. The standard InChI is InChI=1S/C19H15FN2O4/c1-25-17-8-2-13(3-9-17)10-14(11-21)19(24)26-12-18(23)22-16-6-4-15(20)5-7-16/h2-10H,12H2,1H3,(H,22,23)/b14-10+. The molecule has 2 aromatic rings. The molecule has 0 atom stereocenters. The fraction of sp³-hybridized carbons (Fsp3) is 0.105. The molecule has 132 valence electrons. The first-order chi connectivity index (χ1) is 12.5. The third kappa shape index (κ3) is 5.46. The van der Waals surface area contributed by atoms with E-state index in [1.54, 1.807) is 30.3 Å². The summed E-state index contributed by atoms with van der Waals surface area (Å²) in [5.41, 5.74) is 0.724. The molecule has 0 radical (unpaired) electrons. The molecule has 0 unspecified atom stereocenters. The van der Waals surface area contributed by atoms with Crippen LogP contribution in [0.4, 0.5) is 10.1 Å². The number of ether oxygens (including phenoxy) is 2. The molecule has 0 bridgehead atoms. The van der Waals surface area contributed by atoms with Crippen molar-refractivity contribution in [3.8, 4) is 11.8 Å². The molecule has 0 aromatic heterocycles. The molecular formula is C19H15FN2O4. The lowest BCUT2D eigenvalue weighted by atomic mass is 10.1. The summed E-state index contributed by atoms with van der Waals surface area (Å²) in [6, 6.07) is 13.6. The van der Waals surface area contributed by atoms with Gasteiger partial charge in [-0.3, -0.25) is 4.79 Å². The Balaban J connectivity index is 1.93. The van der Waals surface area contributed by atoms with Crippen LogP contribution in [0.5, 0.6) is 5.75 Å². The van der Waals surface area contributed by atoms with Gasteiger partial charge in [0.15, 0.2) is 6.61 Å². The number of nitriles is 1. The van der Waals surface area contributed by atoms with Gasteiger partial charge in [-0.2, -0.15) is 5.26 Å². The first-order valence-corrected chi connectivity index (χ1v) is 7.50. The highest BCUT2D eigenvalue weighted by atomic mass is 19.1. The Morgan fingerprint density at radius 2 is 1.81 bits per heavy atom. The Morgan fingerprint density at radius 1 is 1.15 bits per heavy atom. The number of carbonyl (C=O) groups is 2. The van der Waals surface area contributed by atoms with E-state index in [2.05, 4.69) is 5.32 Å². The number of halogens is 1. The quantitative estimate of drug-likeness (QED) is 0.489. The smallest absolute Gasteiger partial charge is 0.349 e. The number of nitrogens with zero attached hydrogens (tertiary/aromatic N) is 1. The van der Waals surface area contributed by atoms with Crippen molar-refractivity contribution in [3.05, 3.63) is 65.5 Å². The van der Waals surface area contributed by atoms with Gasteiger partial charge in [0.1, 0.15) is 23.2 Å². The summed E-state index contributed by atoms with van der Waals surface area (Å²) in [6.45, 7) is -0.572. The van der Waals surface area contributed by atoms with E-state index >= 15 is 0 Å². The van der Waals surface area contributed by atoms with Gasteiger partial charge in [0.2, 0.25) is 0 Å². The molecule has 0 saturated heterocycles. The zero-order chi connectivity index (χ0) is 18.9. The van der Waals surface area contributed by atoms with Crippen LogP contribution in [-0.2, 0) is 14.3 Å². The van der Waals surface area contributed by atoms with Gasteiger partial charge in [0, 0.05) is 5.69 Å². The number of benzene rings is 2. The maximum absolute atomic E-state index is 12.8. The largest absolute Gasteiger partial charge is 0.497 e. The highest BCUT2D eigenvalue weighted by molar-refractivity contribution is 6.00. The molecule has 0 fully saturated rings. The zero-order valence-electron chi connectivity index (χ0n) is 13.9. The number of nitrogens with one attached hydrogen (secondary N) is 1. The number of carbonyl (C=O) groups excluding carboxylic acids is 2. The van der Waals surface area contributed by atoms with Crippen LogP contribution < -0.4 is 10.1 Å². The van der Waals surface area contributed by atoms with Gasteiger partial charge in [-0.15, -0.1) is 0 Å². The SMILES string of the molecule is COc1ccc(/C=C(\C#N)C(=O)OCC(=O)Nc2ccc(F)cc2)cc1. The monoisotopic (exact) mass is 354 g/mol. The fourth-order valence-electron chi connectivity index (χ4n) is 1.94. The topological polar surface area (TPSA) is 88.4 Å². The maximum atomic E-state index is 12.8. The molecule has 0 aliphatic carbocycles. The van der Waals surface area contributed by atoms with E-state index < -0.39 is 24.3 Å². The summed E-state index contributed by atoms with van der Waals surface area (Å²) in [6.07, 6.45) is 1.35. The number of hydrogen-bond donors (Lipinski definition) is 1. The second-order valence-electron chi connectivity index (χ2n) is 5.07. The summed E-state index contributed by atoms with van der Waals surface area (Å²) in [5, 5.41) is 11.5. The van der Waals surface area contributed by atoms with Crippen molar-refractivity contribution >= 4 is 23.6 Å². The van der Waals surface area contributed by atoms with Gasteiger partial charge < -0.3 is 14.8 Å². The highest BCUT2D eigenvalue weighted by Crippen LogP contribution is 2.14. The van der Waals surface area contributed by atoms with Gasteiger partial charge >= 0.3 is 5.97 Å². The minimum atomic E-state index is -0.919. The molecule has 6 nitrogen and oxygen atoms in total. The van der Waals surface area contributed by atoms with Crippen LogP contribution in [-0.4, -0.2) is 25.6 Å². The molecule has 0 spiro atoms. The lowest BCUT2D eigenvalue weighted by Gasteiger charge is -2.06. The molecule has 0 aliphatic heterocycles. The Labute approximate surface area is 149 Å². The summed E-state index contributed by atoms with van der Waals surface area (Å²) < 4.78 is 22.7. The normalized spacial score (nSPS) is 10.6. The number of methoxy groups -OCH3 is 1. The zero-order valence-corrected chi connectivity index (χ0v) is 13.9. The van der Waals surface area contributed by atoms with Gasteiger partial charge in [-0.1, -0.05) is 12.1 Å². The van der Waals surface area contributed by atoms with Crippen LogP contribution in [0, 0.1) is 17.1 Å². The van der Waals surface area contributed by atoms with Crippen LogP contribution in [0.3, 0.4) is 0 Å². The fourth-order valence-corrected chi connectivity index (χ4v) is 1.94. The van der Waals surface area contributed by atoms with Gasteiger partial charge in [-0.25, -0.2) is 9.18 Å². The minimum Gasteiger partial charge on any atom is -0.497 e. The summed E-state index contributed by atoms with van der Waals surface area (Å²) in [7, 11) is 1.53. The molecular weight excluding hydrogens is 339 g/mol. The van der Waals surface area contributed by atoms with E-state index in [-0.39, 0.29) is 5.57 Å². The average molecular weight is 354 g/mol. The third-order valence-corrected chi connectivity index (χ3v) is 3.23. The van der Waals surface area contributed by atoms with E-state index in [1.807, 2.05) is 0 Å². The average Bonchev–Trinajstić information content (AvgIpc) is 2.66. The lowest BCUT2D eigenvalue weighted by molar-refractivity contribution is -0.142. The molecule has 26 heavy (non-hydrogen) atoms. The molecule has 7 heteroatoms. The summed E-state index contributed by atoms with van der Waals surface area (Å²) in [5.74, 6) is -1.32. The van der Waals surface area contributed by atoms with E-state index in [9.17, 15) is 14.0 Å². The Morgan fingerprint density at radius 3 is 2.38 bits per heavy atom. The van der Waals surface area contributed by atoms with E-state index in [0.29, 0.717) is 17.0 Å². The number of anilines is 1. The van der Waals surface area contributed by atoms with Crippen molar-refractivity contribution in [2.24, 2.45) is 0 Å².